The molecule has 1 aliphatic carbocycles. The van der Waals surface area contributed by atoms with Gasteiger partial charge in [0.2, 0.25) is 11.8 Å². The minimum absolute atomic E-state index is 0.00765. The van der Waals surface area contributed by atoms with Crippen LogP contribution in [0.25, 0.3) is 0 Å². The molecule has 1 saturated carbocycles. The molecule has 11 heteroatoms. The maximum Gasteiger partial charge on any atom is 0.264 e. The van der Waals surface area contributed by atoms with Gasteiger partial charge in [-0.15, -0.1) is 0 Å². The fourth-order valence-electron chi connectivity index (χ4n) is 5.93. The van der Waals surface area contributed by atoms with Crippen molar-refractivity contribution in [1.82, 2.24) is 10.2 Å². The first kappa shape index (κ1) is 34.8. The van der Waals surface area contributed by atoms with Crippen molar-refractivity contribution >= 4 is 39.1 Å². The van der Waals surface area contributed by atoms with Crippen molar-refractivity contribution in [1.29, 1.82) is 0 Å². The molecule has 4 aromatic carbocycles. The summed E-state index contributed by atoms with van der Waals surface area (Å²) < 4.78 is 40.7. The monoisotopic (exact) mass is 689 g/mol. The largest absolute Gasteiger partial charge is 0.497 e. The van der Waals surface area contributed by atoms with E-state index in [4.69, 9.17) is 21.1 Å². The molecular formula is C37H40ClN3O6S. The molecule has 1 N–H and O–H groups in total. The molecule has 9 nitrogen and oxygen atoms in total. The number of anilines is 1. The Kier molecular flexibility index (Phi) is 11.6. The summed E-state index contributed by atoms with van der Waals surface area (Å²) in [6, 6.07) is 28.2. The lowest BCUT2D eigenvalue weighted by Gasteiger charge is -2.34. The van der Waals surface area contributed by atoms with E-state index >= 15 is 0 Å². The number of ether oxygens (including phenoxy) is 2. The van der Waals surface area contributed by atoms with Crippen LogP contribution < -0.4 is 19.1 Å². The van der Waals surface area contributed by atoms with Gasteiger partial charge >= 0.3 is 0 Å². The number of carbonyl (C=O) groups is 2. The van der Waals surface area contributed by atoms with Crippen molar-refractivity contribution in [3.8, 4) is 11.5 Å². The number of rotatable bonds is 14. The minimum atomic E-state index is -4.31. The summed E-state index contributed by atoms with van der Waals surface area (Å²) in [4.78, 5) is 30.4. The third-order valence-corrected chi connectivity index (χ3v) is 10.5. The molecule has 0 saturated heterocycles. The lowest BCUT2D eigenvalue weighted by Crippen LogP contribution is -2.54. The third kappa shape index (κ3) is 8.48. The second-order valence-corrected chi connectivity index (χ2v) is 14.0. The van der Waals surface area contributed by atoms with Gasteiger partial charge in [0.1, 0.15) is 24.1 Å². The van der Waals surface area contributed by atoms with Crippen LogP contribution in [-0.4, -0.2) is 58.0 Å². The Morgan fingerprint density at radius 2 is 1.50 bits per heavy atom. The predicted molar refractivity (Wildman–Crippen MR) is 187 cm³/mol. The van der Waals surface area contributed by atoms with Crippen LogP contribution >= 0.6 is 11.6 Å². The molecule has 0 bridgehead atoms. The molecule has 0 unspecified atom stereocenters. The molecule has 5 rings (SSSR count). The number of carbonyl (C=O) groups excluding carboxylic acids is 2. The highest BCUT2D eigenvalue weighted by Gasteiger charge is 2.36. The number of sulfonamides is 1. The van der Waals surface area contributed by atoms with Gasteiger partial charge in [-0.25, -0.2) is 8.42 Å². The summed E-state index contributed by atoms with van der Waals surface area (Å²) in [5.41, 5.74) is 1.72. The van der Waals surface area contributed by atoms with Crippen LogP contribution in [0, 0.1) is 0 Å². The Balaban J connectivity index is 1.60. The van der Waals surface area contributed by atoms with Crippen LogP contribution in [0.3, 0.4) is 0 Å². The van der Waals surface area contributed by atoms with Gasteiger partial charge in [-0.1, -0.05) is 85.1 Å². The van der Waals surface area contributed by atoms with Crippen LogP contribution in [0.5, 0.6) is 11.5 Å². The fourth-order valence-corrected chi connectivity index (χ4v) is 7.50. The molecule has 0 heterocycles. The molecule has 0 aliphatic heterocycles. The summed E-state index contributed by atoms with van der Waals surface area (Å²) in [7, 11) is -1.41. The van der Waals surface area contributed by atoms with E-state index in [1.165, 1.54) is 37.3 Å². The summed E-state index contributed by atoms with van der Waals surface area (Å²) in [5, 5.41) is 3.71. The number of halogens is 1. The SMILES string of the molecule is COc1ccc(OC)c(N(CC(=O)N(Cc2ccc(Cl)cc2)[C@@H](Cc2ccccc2)C(=O)NC2CCCC2)S(=O)(=O)c2ccccc2)c1. The van der Waals surface area contributed by atoms with Crippen molar-refractivity contribution in [3.05, 3.63) is 119 Å². The Labute approximate surface area is 287 Å². The zero-order chi connectivity index (χ0) is 34.1. The highest BCUT2D eigenvalue weighted by Crippen LogP contribution is 2.36. The summed E-state index contributed by atoms with van der Waals surface area (Å²) >= 11 is 6.18. The van der Waals surface area contributed by atoms with Crippen molar-refractivity contribution < 1.29 is 27.5 Å². The second kappa shape index (κ2) is 16.0. The van der Waals surface area contributed by atoms with Gasteiger partial charge in [0.25, 0.3) is 10.0 Å². The van der Waals surface area contributed by atoms with Gasteiger partial charge in [-0.2, -0.15) is 0 Å². The average molecular weight is 690 g/mol. The normalized spacial score (nSPS) is 13.8. The van der Waals surface area contributed by atoms with Gasteiger partial charge in [0, 0.05) is 30.1 Å². The average Bonchev–Trinajstić information content (AvgIpc) is 3.63. The lowest BCUT2D eigenvalue weighted by atomic mass is 10.0. The quantitative estimate of drug-likeness (QED) is 0.168. The summed E-state index contributed by atoms with van der Waals surface area (Å²) in [6.45, 7) is -0.573. The Morgan fingerprint density at radius 1 is 0.854 bits per heavy atom. The standard InChI is InChI=1S/C37H40ClN3O6S/c1-46-31-21-22-35(47-2)33(24-31)41(48(44,45)32-15-7-4-8-16-32)26-36(42)40(25-28-17-19-29(38)20-18-28)34(23-27-11-5-3-6-12-27)37(43)39-30-13-9-10-14-30/h3-8,11-12,15-22,24,30,34H,9-10,13-14,23,25-26H2,1-2H3,(H,39,43)/t34-/m0/s1. The maximum absolute atomic E-state index is 14.7. The Bertz CT molecular complexity index is 1780. The lowest BCUT2D eigenvalue weighted by molar-refractivity contribution is -0.140. The van der Waals surface area contributed by atoms with E-state index in [1.807, 2.05) is 30.3 Å². The first-order valence-corrected chi connectivity index (χ1v) is 17.7. The molecule has 2 amide bonds. The second-order valence-electron chi connectivity index (χ2n) is 11.7. The van der Waals surface area contributed by atoms with Crippen molar-refractivity contribution in [2.45, 2.75) is 55.6 Å². The van der Waals surface area contributed by atoms with Gasteiger partial charge < -0.3 is 19.7 Å². The van der Waals surface area contributed by atoms with E-state index in [0.29, 0.717) is 10.8 Å². The first-order valence-electron chi connectivity index (χ1n) is 15.9. The van der Waals surface area contributed by atoms with Gasteiger partial charge in [0.15, 0.2) is 0 Å². The number of nitrogens with one attached hydrogen (secondary N) is 1. The molecule has 1 aliphatic rings. The molecule has 4 aromatic rings. The number of benzene rings is 4. The molecule has 48 heavy (non-hydrogen) atoms. The van der Waals surface area contributed by atoms with Gasteiger partial charge in [0.05, 0.1) is 24.8 Å². The summed E-state index contributed by atoms with van der Waals surface area (Å²) in [6.07, 6.45) is 4.01. The topological polar surface area (TPSA) is 105 Å². The molecule has 0 spiro atoms. The van der Waals surface area contributed by atoms with Crippen LogP contribution in [-0.2, 0) is 32.6 Å². The van der Waals surface area contributed by atoms with E-state index < -0.39 is 28.5 Å². The van der Waals surface area contributed by atoms with E-state index in [0.717, 1.165) is 41.1 Å². The zero-order valence-electron chi connectivity index (χ0n) is 27.0. The first-order chi connectivity index (χ1) is 23.2. The molecule has 252 valence electrons. The third-order valence-electron chi connectivity index (χ3n) is 8.50. The number of amides is 2. The minimum Gasteiger partial charge on any atom is -0.497 e. The zero-order valence-corrected chi connectivity index (χ0v) is 28.6. The van der Waals surface area contributed by atoms with Crippen LogP contribution in [0.4, 0.5) is 5.69 Å². The van der Waals surface area contributed by atoms with Crippen LogP contribution in [0.15, 0.2) is 108 Å². The number of hydrogen-bond donors (Lipinski definition) is 1. The van der Waals surface area contributed by atoms with Crippen molar-refractivity contribution in [2.24, 2.45) is 0 Å². The molecule has 1 fully saturated rings. The van der Waals surface area contributed by atoms with Crippen molar-refractivity contribution in [2.75, 3.05) is 25.1 Å². The molecular weight excluding hydrogens is 650 g/mol. The highest BCUT2D eigenvalue weighted by atomic mass is 35.5. The number of methoxy groups -OCH3 is 2. The fraction of sp³-hybridized carbons (Fsp3) is 0.297. The highest BCUT2D eigenvalue weighted by molar-refractivity contribution is 7.92. The summed E-state index contributed by atoms with van der Waals surface area (Å²) in [5.74, 6) is -0.254. The Hall–Kier alpha value is -4.54. The number of nitrogens with zero attached hydrogens (tertiary/aromatic N) is 2. The molecule has 1 atom stereocenters. The van der Waals surface area contributed by atoms with Crippen LogP contribution in [0.1, 0.15) is 36.8 Å². The predicted octanol–water partition coefficient (Wildman–Crippen LogP) is 6.25. The molecule has 0 radical (unpaired) electrons. The van der Waals surface area contributed by atoms with E-state index in [2.05, 4.69) is 5.32 Å². The van der Waals surface area contributed by atoms with E-state index in [-0.39, 0.29) is 41.2 Å². The smallest absolute Gasteiger partial charge is 0.264 e. The Morgan fingerprint density at radius 3 is 2.12 bits per heavy atom. The van der Waals surface area contributed by atoms with E-state index in [1.54, 1.807) is 54.6 Å². The van der Waals surface area contributed by atoms with Crippen molar-refractivity contribution in [3.63, 3.8) is 0 Å². The van der Waals surface area contributed by atoms with Crippen LogP contribution in [0.2, 0.25) is 5.02 Å². The number of hydrogen-bond acceptors (Lipinski definition) is 6. The van der Waals surface area contributed by atoms with Gasteiger partial charge in [-0.3, -0.25) is 13.9 Å². The van der Waals surface area contributed by atoms with E-state index in [9.17, 15) is 18.0 Å². The van der Waals surface area contributed by atoms with Gasteiger partial charge in [-0.05, 0) is 60.4 Å². The molecule has 0 aromatic heterocycles. The maximum atomic E-state index is 14.7.